The van der Waals surface area contributed by atoms with E-state index in [0.29, 0.717) is 5.69 Å². The molecular weight excluding hydrogens is 292 g/mol. The molecule has 3 rings (SSSR count). The summed E-state index contributed by atoms with van der Waals surface area (Å²) in [6.45, 7) is 0. The van der Waals surface area contributed by atoms with Crippen molar-refractivity contribution in [3.63, 3.8) is 0 Å². The number of hydrogen-bond donors (Lipinski definition) is 1. The minimum absolute atomic E-state index is 0.699. The van der Waals surface area contributed by atoms with Crippen molar-refractivity contribution >= 4 is 27.3 Å². The molecule has 90 valence electrons. The van der Waals surface area contributed by atoms with E-state index in [9.17, 15) is 0 Å². The number of nitrogen functional groups attached to an aromatic ring is 1. The molecule has 3 aromatic rings. The minimum Gasteiger partial charge on any atom is -0.399 e. The van der Waals surface area contributed by atoms with Crippen LogP contribution >= 0.6 is 15.9 Å². The predicted molar refractivity (Wildman–Crippen MR) is 74.3 cm³/mol. The number of aromatic nitrogens is 3. The van der Waals surface area contributed by atoms with E-state index in [2.05, 4.69) is 38.1 Å². The molecule has 0 spiro atoms. The Labute approximate surface area is 113 Å². The van der Waals surface area contributed by atoms with Crippen LogP contribution < -0.4 is 5.73 Å². The van der Waals surface area contributed by atoms with Crippen molar-refractivity contribution in [3.8, 4) is 0 Å². The van der Waals surface area contributed by atoms with Gasteiger partial charge in [0.2, 0.25) is 0 Å². The molecule has 0 saturated carbocycles. The third-order valence-electron chi connectivity index (χ3n) is 2.68. The highest BCUT2D eigenvalue weighted by atomic mass is 79.9. The summed E-state index contributed by atoms with van der Waals surface area (Å²) in [6.07, 6.45) is 2.54. The third-order valence-corrected chi connectivity index (χ3v) is 3.21. The lowest BCUT2D eigenvalue weighted by molar-refractivity contribution is 0.900. The van der Waals surface area contributed by atoms with Crippen molar-refractivity contribution in [2.24, 2.45) is 0 Å². The van der Waals surface area contributed by atoms with Gasteiger partial charge in [-0.3, -0.25) is 0 Å². The first kappa shape index (κ1) is 11.2. The van der Waals surface area contributed by atoms with Crippen LogP contribution in [0.15, 0.2) is 47.1 Å². The summed E-state index contributed by atoms with van der Waals surface area (Å²) in [5.74, 6) is 0.794. The maximum Gasteiger partial charge on any atom is 0.157 e. The molecule has 0 unspecified atom stereocenters. The zero-order valence-corrected chi connectivity index (χ0v) is 11.1. The van der Waals surface area contributed by atoms with Gasteiger partial charge in [0.05, 0.1) is 0 Å². The van der Waals surface area contributed by atoms with Crippen molar-refractivity contribution in [1.82, 2.24) is 14.6 Å². The average Bonchev–Trinajstić information content (AvgIpc) is 2.73. The van der Waals surface area contributed by atoms with Gasteiger partial charge in [0.1, 0.15) is 0 Å². The molecule has 0 amide bonds. The molecule has 2 N–H and O–H groups in total. The molecule has 18 heavy (non-hydrogen) atoms. The lowest BCUT2D eigenvalue weighted by atomic mass is 10.1. The summed E-state index contributed by atoms with van der Waals surface area (Å²) in [4.78, 5) is 4.45. The molecule has 0 aliphatic rings. The van der Waals surface area contributed by atoms with Crippen molar-refractivity contribution in [2.45, 2.75) is 6.42 Å². The molecule has 0 aliphatic carbocycles. The Morgan fingerprint density at radius 1 is 1.17 bits per heavy atom. The summed E-state index contributed by atoms with van der Waals surface area (Å²) < 4.78 is 2.81. The fraction of sp³-hybridized carbons (Fsp3) is 0.0769. The summed E-state index contributed by atoms with van der Waals surface area (Å²) in [5.41, 5.74) is 8.38. The molecular formula is C13H11BrN4. The Kier molecular flexibility index (Phi) is 2.76. The van der Waals surface area contributed by atoms with Gasteiger partial charge in [0, 0.05) is 28.8 Å². The second-order valence-corrected chi connectivity index (χ2v) is 5.01. The molecule has 0 bridgehead atoms. The maximum absolute atomic E-state index is 5.72. The number of benzene rings is 1. The van der Waals surface area contributed by atoms with E-state index in [-0.39, 0.29) is 0 Å². The number of rotatable bonds is 2. The van der Waals surface area contributed by atoms with Crippen molar-refractivity contribution in [2.75, 3.05) is 5.73 Å². The van der Waals surface area contributed by atoms with E-state index in [1.807, 2.05) is 30.5 Å². The number of nitrogens with two attached hydrogens (primary N) is 1. The Balaban J connectivity index is 1.92. The summed E-state index contributed by atoms with van der Waals surface area (Å²) in [5, 5.41) is 4.41. The van der Waals surface area contributed by atoms with Gasteiger partial charge >= 0.3 is 0 Å². The van der Waals surface area contributed by atoms with E-state index >= 15 is 0 Å². The van der Waals surface area contributed by atoms with Gasteiger partial charge in [-0.2, -0.15) is 5.10 Å². The number of nitrogens with zero attached hydrogens (tertiary/aromatic N) is 3. The lowest BCUT2D eigenvalue weighted by Gasteiger charge is -1.96. The Bertz CT molecular complexity index is 688. The maximum atomic E-state index is 5.72. The predicted octanol–water partition coefficient (Wildman–Crippen LogP) is 2.66. The van der Waals surface area contributed by atoms with Gasteiger partial charge in [-0.05, 0) is 23.8 Å². The molecule has 1 aromatic carbocycles. The van der Waals surface area contributed by atoms with Gasteiger partial charge in [-0.25, -0.2) is 9.50 Å². The molecule has 0 atom stereocenters. The summed E-state index contributed by atoms with van der Waals surface area (Å²) >= 11 is 3.42. The first-order chi connectivity index (χ1) is 8.70. The minimum atomic E-state index is 0.699. The van der Waals surface area contributed by atoms with E-state index in [0.717, 1.165) is 22.4 Å². The fourth-order valence-corrected chi connectivity index (χ4v) is 2.07. The van der Waals surface area contributed by atoms with Crippen molar-refractivity contribution in [1.29, 1.82) is 0 Å². The summed E-state index contributed by atoms with van der Waals surface area (Å²) in [7, 11) is 0. The SMILES string of the molecule is Nc1ccn2nc(Cc3ccc(Br)cc3)nc2c1. The molecule has 2 heterocycles. The van der Waals surface area contributed by atoms with E-state index in [1.165, 1.54) is 5.56 Å². The van der Waals surface area contributed by atoms with Crippen LogP contribution in [-0.4, -0.2) is 14.6 Å². The Morgan fingerprint density at radius 3 is 2.72 bits per heavy atom. The highest BCUT2D eigenvalue weighted by molar-refractivity contribution is 9.10. The van der Waals surface area contributed by atoms with Crippen LogP contribution in [0, 0.1) is 0 Å². The smallest absolute Gasteiger partial charge is 0.157 e. The number of hydrogen-bond acceptors (Lipinski definition) is 3. The monoisotopic (exact) mass is 302 g/mol. The first-order valence-corrected chi connectivity index (χ1v) is 6.35. The van der Waals surface area contributed by atoms with Gasteiger partial charge < -0.3 is 5.73 Å². The topological polar surface area (TPSA) is 56.2 Å². The molecule has 5 heteroatoms. The number of pyridine rings is 1. The first-order valence-electron chi connectivity index (χ1n) is 5.56. The van der Waals surface area contributed by atoms with Gasteiger partial charge in [0.25, 0.3) is 0 Å². The quantitative estimate of drug-likeness (QED) is 0.792. The lowest BCUT2D eigenvalue weighted by Crippen LogP contribution is -1.92. The van der Waals surface area contributed by atoms with Gasteiger partial charge in [0.15, 0.2) is 11.5 Å². The molecule has 4 nitrogen and oxygen atoms in total. The molecule has 2 aromatic heterocycles. The number of halogens is 1. The highest BCUT2D eigenvalue weighted by Crippen LogP contribution is 2.14. The van der Waals surface area contributed by atoms with E-state index < -0.39 is 0 Å². The Hall–Kier alpha value is -1.88. The van der Waals surface area contributed by atoms with E-state index in [4.69, 9.17) is 5.73 Å². The summed E-state index contributed by atoms with van der Waals surface area (Å²) in [6, 6.07) is 11.8. The number of anilines is 1. The largest absolute Gasteiger partial charge is 0.399 e. The van der Waals surface area contributed by atoms with Crippen LogP contribution in [0.5, 0.6) is 0 Å². The standard InChI is InChI=1S/C13H11BrN4/c14-10-3-1-9(2-4-10)7-12-16-13-8-11(15)5-6-18(13)17-12/h1-6,8H,7,15H2. The molecule has 0 saturated heterocycles. The van der Waals surface area contributed by atoms with Crippen LogP contribution in [0.3, 0.4) is 0 Å². The average molecular weight is 303 g/mol. The van der Waals surface area contributed by atoms with Crippen LogP contribution in [0.2, 0.25) is 0 Å². The molecule has 0 aliphatic heterocycles. The third kappa shape index (κ3) is 2.22. The second-order valence-electron chi connectivity index (χ2n) is 4.09. The van der Waals surface area contributed by atoms with Crippen molar-refractivity contribution < 1.29 is 0 Å². The zero-order chi connectivity index (χ0) is 12.5. The fourth-order valence-electron chi connectivity index (χ4n) is 1.80. The van der Waals surface area contributed by atoms with Crippen molar-refractivity contribution in [3.05, 3.63) is 58.5 Å². The van der Waals surface area contributed by atoms with Gasteiger partial charge in [-0.15, -0.1) is 0 Å². The second kappa shape index (κ2) is 4.42. The highest BCUT2D eigenvalue weighted by Gasteiger charge is 2.04. The van der Waals surface area contributed by atoms with Gasteiger partial charge in [-0.1, -0.05) is 28.1 Å². The molecule has 0 fully saturated rings. The normalized spacial score (nSPS) is 10.9. The number of fused-ring (bicyclic) bond motifs is 1. The van der Waals surface area contributed by atoms with Crippen LogP contribution in [-0.2, 0) is 6.42 Å². The van der Waals surface area contributed by atoms with Crippen LogP contribution in [0.4, 0.5) is 5.69 Å². The zero-order valence-electron chi connectivity index (χ0n) is 9.55. The van der Waals surface area contributed by atoms with Crippen LogP contribution in [0.25, 0.3) is 5.65 Å². The Morgan fingerprint density at radius 2 is 1.94 bits per heavy atom. The van der Waals surface area contributed by atoms with Crippen LogP contribution in [0.1, 0.15) is 11.4 Å². The molecule has 0 radical (unpaired) electrons. The van der Waals surface area contributed by atoms with E-state index in [1.54, 1.807) is 4.52 Å².